The van der Waals surface area contributed by atoms with Crippen LogP contribution in [0.3, 0.4) is 0 Å². The standard InChI is InChI=1S/C13H9Cl3/c1-8-5-6-9(12(16)7-8)13-10(14)3-2-4-11(13)15/h2-7H,1H3. The van der Waals surface area contributed by atoms with Gasteiger partial charge in [0.25, 0.3) is 0 Å². The van der Waals surface area contributed by atoms with E-state index in [1.165, 1.54) is 0 Å². The summed E-state index contributed by atoms with van der Waals surface area (Å²) in [5, 5.41) is 1.88. The molecule has 0 saturated carbocycles. The number of aryl methyl sites for hydroxylation is 1. The molecule has 0 aromatic heterocycles. The largest absolute Gasteiger partial charge is 0.0837 e. The van der Waals surface area contributed by atoms with E-state index >= 15 is 0 Å². The topological polar surface area (TPSA) is 0 Å². The molecule has 2 aromatic carbocycles. The van der Waals surface area contributed by atoms with E-state index in [4.69, 9.17) is 34.8 Å². The molecular formula is C13H9Cl3. The molecule has 0 saturated heterocycles. The van der Waals surface area contributed by atoms with Gasteiger partial charge in [-0.15, -0.1) is 0 Å². The monoisotopic (exact) mass is 270 g/mol. The Balaban J connectivity index is 2.68. The summed E-state index contributed by atoms with van der Waals surface area (Å²) in [6.07, 6.45) is 0. The fraction of sp³-hybridized carbons (Fsp3) is 0.0769. The van der Waals surface area contributed by atoms with Crippen molar-refractivity contribution in [3.63, 3.8) is 0 Å². The van der Waals surface area contributed by atoms with Crippen LogP contribution in [0, 0.1) is 6.92 Å². The Bertz CT molecular complexity index is 512. The van der Waals surface area contributed by atoms with Gasteiger partial charge in [0.15, 0.2) is 0 Å². The van der Waals surface area contributed by atoms with Crippen LogP contribution in [0.25, 0.3) is 11.1 Å². The molecule has 0 aliphatic carbocycles. The highest BCUT2D eigenvalue weighted by Gasteiger charge is 2.11. The summed E-state index contributed by atoms with van der Waals surface area (Å²) in [6, 6.07) is 11.2. The molecule has 0 heterocycles. The second kappa shape index (κ2) is 4.67. The average molecular weight is 272 g/mol. The molecule has 0 bridgehead atoms. The first kappa shape index (κ1) is 11.8. The lowest BCUT2D eigenvalue weighted by atomic mass is 10.0. The van der Waals surface area contributed by atoms with Gasteiger partial charge < -0.3 is 0 Å². The molecule has 0 aliphatic rings. The lowest BCUT2D eigenvalue weighted by molar-refractivity contribution is 1.47. The van der Waals surface area contributed by atoms with Crippen LogP contribution in [0.2, 0.25) is 15.1 Å². The maximum atomic E-state index is 6.19. The lowest BCUT2D eigenvalue weighted by Gasteiger charge is -2.09. The third-order valence-corrected chi connectivity index (χ3v) is 3.30. The van der Waals surface area contributed by atoms with Gasteiger partial charge in [0, 0.05) is 26.2 Å². The van der Waals surface area contributed by atoms with Crippen molar-refractivity contribution < 1.29 is 0 Å². The summed E-state index contributed by atoms with van der Waals surface area (Å²) >= 11 is 18.5. The van der Waals surface area contributed by atoms with Gasteiger partial charge in [-0.1, -0.05) is 53.0 Å². The van der Waals surface area contributed by atoms with Crippen LogP contribution in [0.15, 0.2) is 36.4 Å². The SMILES string of the molecule is Cc1ccc(-c2c(Cl)cccc2Cl)c(Cl)c1. The van der Waals surface area contributed by atoms with E-state index in [9.17, 15) is 0 Å². The van der Waals surface area contributed by atoms with Crippen LogP contribution in [0.5, 0.6) is 0 Å². The first-order valence-corrected chi connectivity index (χ1v) is 5.93. The molecule has 2 rings (SSSR count). The zero-order chi connectivity index (χ0) is 11.7. The van der Waals surface area contributed by atoms with E-state index in [0.29, 0.717) is 15.1 Å². The molecule has 0 atom stereocenters. The lowest BCUT2D eigenvalue weighted by Crippen LogP contribution is -1.84. The summed E-state index contributed by atoms with van der Waals surface area (Å²) in [7, 11) is 0. The fourth-order valence-corrected chi connectivity index (χ4v) is 2.51. The van der Waals surface area contributed by atoms with Crippen LogP contribution in [-0.2, 0) is 0 Å². The van der Waals surface area contributed by atoms with Gasteiger partial charge in [-0.25, -0.2) is 0 Å². The van der Waals surface area contributed by atoms with Gasteiger partial charge in [-0.05, 0) is 30.7 Å². The number of rotatable bonds is 1. The highest BCUT2D eigenvalue weighted by molar-refractivity contribution is 6.41. The van der Waals surface area contributed by atoms with Crippen molar-refractivity contribution in [1.82, 2.24) is 0 Å². The van der Waals surface area contributed by atoms with E-state index in [1.807, 2.05) is 31.2 Å². The molecule has 2 aromatic rings. The fourth-order valence-electron chi connectivity index (χ4n) is 1.58. The number of benzene rings is 2. The van der Waals surface area contributed by atoms with Crippen LogP contribution < -0.4 is 0 Å². The molecular weight excluding hydrogens is 263 g/mol. The molecule has 0 fully saturated rings. The molecule has 82 valence electrons. The quantitative estimate of drug-likeness (QED) is 0.631. The van der Waals surface area contributed by atoms with E-state index in [1.54, 1.807) is 12.1 Å². The Morgan fingerprint density at radius 2 is 1.44 bits per heavy atom. The van der Waals surface area contributed by atoms with Gasteiger partial charge in [-0.2, -0.15) is 0 Å². The average Bonchev–Trinajstić information content (AvgIpc) is 2.20. The third-order valence-electron chi connectivity index (χ3n) is 2.36. The van der Waals surface area contributed by atoms with E-state index in [0.717, 1.165) is 16.7 Å². The van der Waals surface area contributed by atoms with Crippen LogP contribution in [0.4, 0.5) is 0 Å². The number of hydrogen-bond donors (Lipinski definition) is 0. The predicted molar refractivity (Wildman–Crippen MR) is 71.6 cm³/mol. The Morgan fingerprint density at radius 1 is 0.812 bits per heavy atom. The normalized spacial score (nSPS) is 10.5. The zero-order valence-electron chi connectivity index (χ0n) is 8.60. The number of halogens is 3. The maximum Gasteiger partial charge on any atom is 0.0499 e. The maximum absolute atomic E-state index is 6.19. The zero-order valence-corrected chi connectivity index (χ0v) is 10.9. The van der Waals surface area contributed by atoms with Crippen LogP contribution in [0.1, 0.15) is 5.56 Å². The van der Waals surface area contributed by atoms with Crippen molar-refractivity contribution in [1.29, 1.82) is 0 Å². The van der Waals surface area contributed by atoms with Crippen molar-refractivity contribution in [3.8, 4) is 11.1 Å². The molecule has 0 N–H and O–H groups in total. The van der Waals surface area contributed by atoms with Crippen molar-refractivity contribution in [2.75, 3.05) is 0 Å². The third kappa shape index (κ3) is 2.20. The predicted octanol–water partition coefficient (Wildman–Crippen LogP) is 5.62. The Labute approximate surface area is 110 Å². The van der Waals surface area contributed by atoms with Gasteiger partial charge in [0.1, 0.15) is 0 Å². The van der Waals surface area contributed by atoms with Crippen molar-refractivity contribution in [3.05, 3.63) is 57.0 Å². The highest BCUT2D eigenvalue weighted by Crippen LogP contribution is 2.38. The first-order chi connectivity index (χ1) is 7.59. The molecule has 3 heteroatoms. The summed E-state index contributed by atoms with van der Waals surface area (Å²) in [5.41, 5.74) is 2.76. The van der Waals surface area contributed by atoms with E-state index in [-0.39, 0.29) is 0 Å². The van der Waals surface area contributed by atoms with Gasteiger partial charge in [-0.3, -0.25) is 0 Å². The molecule has 0 spiro atoms. The summed E-state index contributed by atoms with van der Waals surface area (Å²) < 4.78 is 0. The molecule has 0 radical (unpaired) electrons. The van der Waals surface area contributed by atoms with Gasteiger partial charge >= 0.3 is 0 Å². The Hall–Kier alpha value is -0.690. The van der Waals surface area contributed by atoms with Crippen LogP contribution >= 0.6 is 34.8 Å². The molecule has 0 unspecified atom stereocenters. The van der Waals surface area contributed by atoms with Crippen molar-refractivity contribution >= 4 is 34.8 Å². The number of hydrogen-bond acceptors (Lipinski definition) is 0. The van der Waals surface area contributed by atoms with E-state index in [2.05, 4.69) is 0 Å². The molecule has 0 aliphatic heterocycles. The van der Waals surface area contributed by atoms with Crippen molar-refractivity contribution in [2.45, 2.75) is 6.92 Å². The van der Waals surface area contributed by atoms with Gasteiger partial charge in [0.05, 0.1) is 0 Å². The minimum Gasteiger partial charge on any atom is -0.0837 e. The highest BCUT2D eigenvalue weighted by atomic mass is 35.5. The molecule has 0 nitrogen and oxygen atoms in total. The summed E-state index contributed by atoms with van der Waals surface area (Å²) in [5.74, 6) is 0. The Morgan fingerprint density at radius 3 is 2.00 bits per heavy atom. The summed E-state index contributed by atoms with van der Waals surface area (Å²) in [4.78, 5) is 0. The Kier molecular flexibility index (Phi) is 3.44. The summed E-state index contributed by atoms with van der Waals surface area (Å²) in [6.45, 7) is 1.99. The first-order valence-electron chi connectivity index (χ1n) is 4.80. The minimum atomic E-state index is 0.609. The second-order valence-electron chi connectivity index (χ2n) is 3.58. The van der Waals surface area contributed by atoms with Gasteiger partial charge in [0.2, 0.25) is 0 Å². The van der Waals surface area contributed by atoms with Crippen molar-refractivity contribution in [2.24, 2.45) is 0 Å². The molecule has 0 amide bonds. The second-order valence-corrected chi connectivity index (χ2v) is 4.80. The minimum absolute atomic E-state index is 0.609. The smallest absolute Gasteiger partial charge is 0.0499 e. The van der Waals surface area contributed by atoms with E-state index < -0.39 is 0 Å². The van der Waals surface area contributed by atoms with Crippen LogP contribution in [-0.4, -0.2) is 0 Å². The molecule has 16 heavy (non-hydrogen) atoms.